The van der Waals surface area contributed by atoms with Gasteiger partial charge < -0.3 is 10.3 Å². The summed E-state index contributed by atoms with van der Waals surface area (Å²) in [6.07, 6.45) is 0. The summed E-state index contributed by atoms with van der Waals surface area (Å²) < 4.78 is 59.5. The summed E-state index contributed by atoms with van der Waals surface area (Å²) in [6.45, 7) is 0. The van der Waals surface area contributed by atoms with Crippen LogP contribution < -0.4 is 5.23 Å². The highest BCUT2D eigenvalue weighted by Crippen LogP contribution is 2.43. The average molecular weight is 385 g/mol. The van der Waals surface area contributed by atoms with Crippen molar-refractivity contribution in [2.75, 3.05) is 12.3 Å². The van der Waals surface area contributed by atoms with Crippen LogP contribution in [0.25, 0.3) is 10.8 Å². The highest BCUT2D eigenvalue weighted by atomic mass is 32.2. The van der Waals surface area contributed by atoms with Gasteiger partial charge >= 0.3 is 0 Å². The zero-order valence-electron chi connectivity index (χ0n) is 12.7. The molecule has 0 saturated carbocycles. The van der Waals surface area contributed by atoms with E-state index in [0.29, 0.717) is 0 Å². The minimum atomic E-state index is -4.49. The molecule has 0 fully saturated rings. The second-order valence-corrected chi connectivity index (χ2v) is 8.07. The van der Waals surface area contributed by atoms with Crippen LogP contribution in [-0.4, -0.2) is 41.6 Å². The molecule has 0 spiro atoms. The van der Waals surface area contributed by atoms with Gasteiger partial charge in [0.25, 0.3) is 20.2 Å². The number of rotatable bonds is 6. The molecule has 10 nitrogen and oxygen atoms in total. The first kappa shape index (κ1) is 19.1. The van der Waals surface area contributed by atoms with Crippen LogP contribution >= 0.6 is 0 Å². The number of phenols is 1. The van der Waals surface area contributed by atoms with Gasteiger partial charge in [0.2, 0.25) is 7.98 Å². The molecule has 0 amide bonds. The fourth-order valence-corrected chi connectivity index (χ4v) is 3.67. The Morgan fingerprint density at radius 1 is 1.28 bits per heavy atom. The molecule has 25 heavy (non-hydrogen) atoms. The zero-order chi connectivity index (χ0) is 19.0. The number of benzene rings is 2. The summed E-state index contributed by atoms with van der Waals surface area (Å²) in [5.41, 5.74) is 6.51. The van der Waals surface area contributed by atoms with Gasteiger partial charge in [-0.2, -0.15) is 21.9 Å². The lowest BCUT2D eigenvalue weighted by molar-refractivity contribution is 0.398. The van der Waals surface area contributed by atoms with E-state index in [0.717, 1.165) is 19.2 Å². The van der Waals surface area contributed by atoms with Crippen molar-refractivity contribution >= 4 is 50.4 Å². The monoisotopic (exact) mass is 385 g/mol. The smallest absolute Gasteiger partial charge is 0.296 e. The van der Waals surface area contributed by atoms with E-state index in [2.05, 4.69) is 14.5 Å². The Labute approximate surface area is 144 Å². The minimum Gasteiger partial charge on any atom is -0.505 e. The number of phenolic OH excluding ortho intramolecular Hbond substituents is 1. The Morgan fingerprint density at radius 3 is 2.40 bits per heavy atom. The third-order valence-electron chi connectivity index (χ3n) is 3.35. The van der Waals surface area contributed by atoms with Crippen molar-refractivity contribution in [3.05, 3.63) is 23.8 Å². The normalized spacial score (nSPS) is 12.2. The molecule has 132 valence electrons. The molecule has 0 saturated heterocycles. The van der Waals surface area contributed by atoms with E-state index in [-0.39, 0.29) is 26.9 Å². The number of hydrogen-bond acceptors (Lipinski definition) is 9. The molecule has 0 atom stereocenters. The van der Waals surface area contributed by atoms with Crippen LogP contribution in [0.3, 0.4) is 0 Å². The predicted molar refractivity (Wildman–Crippen MR) is 89.2 cm³/mol. The summed E-state index contributed by atoms with van der Waals surface area (Å²) in [5.74, 6) is -1.53. The van der Waals surface area contributed by atoms with Gasteiger partial charge in [-0.3, -0.25) is 8.74 Å². The van der Waals surface area contributed by atoms with Crippen LogP contribution in [0.2, 0.25) is 0 Å². The molecular weight excluding hydrogens is 373 g/mol. The second kappa shape index (κ2) is 6.59. The summed E-state index contributed by atoms with van der Waals surface area (Å²) in [4.78, 5) is -0.303. The van der Waals surface area contributed by atoms with Crippen molar-refractivity contribution in [1.82, 2.24) is 0 Å². The maximum Gasteiger partial charge on any atom is 0.296 e. The molecule has 2 rings (SSSR count). The zero-order valence-corrected chi connectivity index (χ0v) is 14.3. The lowest BCUT2D eigenvalue weighted by atomic mass is 10.0. The van der Waals surface area contributed by atoms with Crippen LogP contribution in [0.5, 0.6) is 5.75 Å². The maximum atomic E-state index is 11.9. The van der Waals surface area contributed by atoms with Crippen LogP contribution in [-0.2, 0) is 30.2 Å². The van der Waals surface area contributed by atoms with Gasteiger partial charge in [-0.15, -0.1) is 0 Å². The summed E-state index contributed by atoms with van der Waals surface area (Å²) in [5, 5.41) is 15.7. The van der Waals surface area contributed by atoms with Gasteiger partial charge in [-0.25, -0.2) is 5.53 Å². The predicted octanol–water partition coefficient (Wildman–Crippen LogP) is 1.43. The summed E-state index contributed by atoms with van der Waals surface area (Å²) in [6, 6.07) is 3.39. The van der Waals surface area contributed by atoms with Crippen molar-refractivity contribution in [2.24, 2.45) is 5.11 Å². The Morgan fingerprint density at radius 2 is 1.92 bits per heavy atom. The van der Waals surface area contributed by atoms with E-state index < -0.39 is 37.4 Å². The lowest BCUT2D eigenvalue weighted by Gasteiger charge is -2.14. The topological polar surface area (TPSA) is 166 Å². The maximum absolute atomic E-state index is 11.9. The largest absolute Gasteiger partial charge is 0.505 e. The number of nitrogens with zero attached hydrogens (tertiary/aromatic N) is 1. The standard InChI is InChI=1S/C12H12BN3O7S2/c1-23-25(21,22)8-3-6-2-7(5-24(18,19)20)11(16-14)12(17)10(6)9(4-8)15-13/h2-4,14-15,17H,5H2,1H3,(H,18,19,20). The Balaban J connectivity index is 2.94. The molecule has 2 aromatic rings. The molecule has 4 N–H and O–H groups in total. The Kier molecular flexibility index (Phi) is 5.04. The number of hydrogen-bond donors (Lipinski definition) is 4. The van der Waals surface area contributed by atoms with Gasteiger partial charge in [-0.05, 0) is 23.6 Å². The van der Waals surface area contributed by atoms with Gasteiger partial charge in [0.1, 0.15) is 11.4 Å². The van der Waals surface area contributed by atoms with Crippen LogP contribution in [0.4, 0.5) is 11.4 Å². The highest BCUT2D eigenvalue weighted by molar-refractivity contribution is 7.86. The molecule has 0 aromatic heterocycles. The fraction of sp³-hybridized carbons (Fsp3) is 0.167. The summed E-state index contributed by atoms with van der Waals surface area (Å²) in [7, 11) is -2.28. The fourth-order valence-electron chi connectivity index (χ4n) is 2.33. The van der Waals surface area contributed by atoms with Crippen molar-refractivity contribution in [2.45, 2.75) is 10.6 Å². The number of fused-ring (bicyclic) bond motifs is 1. The lowest BCUT2D eigenvalue weighted by Crippen LogP contribution is -2.05. The van der Waals surface area contributed by atoms with Gasteiger partial charge in [0, 0.05) is 16.6 Å². The van der Waals surface area contributed by atoms with Crippen molar-refractivity contribution in [3.63, 3.8) is 0 Å². The molecule has 13 heteroatoms. The SMILES string of the molecule is [B]Nc1cc(S(=O)(=O)OC)cc2cc(CS(=O)(=O)O)c(N=N)c(O)c12. The first-order valence-corrected chi connectivity index (χ1v) is 9.48. The molecule has 0 unspecified atom stereocenters. The average Bonchev–Trinajstić information content (AvgIpc) is 2.52. The van der Waals surface area contributed by atoms with Crippen molar-refractivity contribution < 1.29 is 30.7 Å². The van der Waals surface area contributed by atoms with Gasteiger partial charge in [0.15, 0.2) is 5.75 Å². The van der Waals surface area contributed by atoms with Crippen LogP contribution in [0.1, 0.15) is 5.56 Å². The van der Waals surface area contributed by atoms with Crippen molar-refractivity contribution in [1.29, 1.82) is 5.53 Å². The molecular formula is C12H12BN3O7S2. The Bertz CT molecular complexity index is 1070. The molecule has 0 aliphatic rings. The molecule has 0 bridgehead atoms. The number of aromatic hydroxyl groups is 1. The van der Waals surface area contributed by atoms with Crippen molar-refractivity contribution in [3.8, 4) is 5.75 Å². The molecule has 0 aliphatic heterocycles. The number of nitrogens with one attached hydrogen (secondary N) is 2. The third-order valence-corrected chi connectivity index (χ3v) is 5.28. The molecule has 0 heterocycles. The van der Waals surface area contributed by atoms with E-state index in [1.165, 1.54) is 6.07 Å². The Hall–Kier alpha value is -2.22. The van der Waals surface area contributed by atoms with E-state index >= 15 is 0 Å². The molecule has 0 aliphatic carbocycles. The minimum absolute atomic E-state index is 0.0163. The highest BCUT2D eigenvalue weighted by Gasteiger charge is 2.22. The van der Waals surface area contributed by atoms with Gasteiger partial charge in [0.05, 0.1) is 12.0 Å². The van der Waals surface area contributed by atoms with E-state index in [4.69, 9.17) is 18.1 Å². The first-order valence-electron chi connectivity index (χ1n) is 6.46. The number of anilines is 1. The summed E-state index contributed by atoms with van der Waals surface area (Å²) >= 11 is 0. The third kappa shape index (κ3) is 3.73. The van der Waals surface area contributed by atoms with Crippen LogP contribution in [0, 0.1) is 5.53 Å². The quantitative estimate of drug-likeness (QED) is 0.251. The molecule has 2 radical (unpaired) electrons. The molecule has 2 aromatic carbocycles. The van der Waals surface area contributed by atoms with Crippen LogP contribution in [0.15, 0.2) is 28.2 Å². The van der Waals surface area contributed by atoms with Gasteiger partial charge in [-0.1, -0.05) is 0 Å². The van der Waals surface area contributed by atoms with E-state index in [1.54, 1.807) is 0 Å². The van der Waals surface area contributed by atoms with E-state index in [9.17, 15) is 21.9 Å². The second-order valence-electron chi connectivity index (χ2n) is 4.91. The van der Waals surface area contributed by atoms with E-state index in [1.807, 2.05) is 0 Å². The first-order chi connectivity index (χ1) is 11.5.